The first-order chi connectivity index (χ1) is 16.8. The summed E-state index contributed by atoms with van der Waals surface area (Å²) >= 11 is 0. The number of nitrogens with two attached hydrogens (primary N) is 1. The lowest BCUT2D eigenvalue weighted by Crippen LogP contribution is -2.27. The second-order valence-corrected chi connectivity index (χ2v) is 9.26. The van der Waals surface area contributed by atoms with Crippen molar-refractivity contribution >= 4 is 33.4 Å². The fraction of sp³-hybridized carbons (Fsp3) is 0.227. The van der Waals surface area contributed by atoms with E-state index in [1.807, 2.05) is 0 Å². The van der Waals surface area contributed by atoms with Crippen molar-refractivity contribution < 1.29 is 27.1 Å². The van der Waals surface area contributed by atoms with Crippen molar-refractivity contribution in [3.63, 3.8) is 0 Å². The number of hydrogen-bond acceptors (Lipinski definition) is 9. The molecule has 3 aromatic rings. The number of nitrogens with one attached hydrogen (secondary N) is 3. The summed E-state index contributed by atoms with van der Waals surface area (Å²) in [6.07, 6.45) is 2.00. The summed E-state index contributed by atoms with van der Waals surface area (Å²) in [5, 5.41) is 6.16. The third-order valence-electron chi connectivity index (χ3n) is 5.05. The Labute approximate surface area is 200 Å². The Balaban J connectivity index is 1.73. The summed E-state index contributed by atoms with van der Waals surface area (Å²) in [6, 6.07) is 8.76. The summed E-state index contributed by atoms with van der Waals surface area (Å²) in [5.74, 6) is -0.485. The van der Waals surface area contributed by atoms with Crippen LogP contribution in [-0.2, 0) is 14.8 Å². The first-order valence-corrected chi connectivity index (χ1v) is 12.0. The Morgan fingerprint density at radius 2 is 2.00 bits per heavy atom. The first-order valence-electron chi connectivity index (χ1n) is 10.5. The molecule has 0 saturated heterocycles. The molecule has 2 aromatic carbocycles. The maximum atomic E-state index is 13.9. The van der Waals surface area contributed by atoms with Gasteiger partial charge < -0.3 is 25.8 Å². The summed E-state index contributed by atoms with van der Waals surface area (Å²) in [4.78, 5) is 19.8. The molecule has 4 bridgehead atoms. The molecule has 2 heterocycles. The van der Waals surface area contributed by atoms with Crippen LogP contribution >= 0.6 is 0 Å². The number of nitrogens with zero attached hydrogens (tertiary/aromatic N) is 2. The van der Waals surface area contributed by atoms with E-state index in [1.54, 1.807) is 24.4 Å². The molecule has 1 aromatic heterocycles. The molecule has 0 aliphatic carbocycles. The van der Waals surface area contributed by atoms with Crippen molar-refractivity contribution in [2.24, 2.45) is 5.73 Å². The fourth-order valence-electron chi connectivity index (χ4n) is 3.39. The number of fused-ring (bicyclic) bond motifs is 4. The van der Waals surface area contributed by atoms with Crippen molar-refractivity contribution in [3.05, 3.63) is 48.4 Å². The SMILES string of the molecule is COc1cc(-c2cnc3nc2NCCCNS(=O)(=O)c2cc(ccc2OCC(N)=O)N3)ccc1F. The van der Waals surface area contributed by atoms with Gasteiger partial charge in [-0.05, 0) is 42.3 Å². The standard InChI is InChI=1S/C22H23FN6O5S/c1-33-18-9-13(3-5-16(18)23)15-11-26-22-28-14-4-6-17(34-12-20(24)30)19(10-14)35(31,32)27-8-2-7-25-21(15)29-22/h3-6,9-11,27H,2,7-8,12H2,1H3,(H2,24,30)(H2,25,26,28,29). The zero-order valence-corrected chi connectivity index (χ0v) is 19.5. The van der Waals surface area contributed by atoms with E-state index in [1.165, 1.54) is 25.3 Å². The fourth-order valence-corrected chi connectivity index (χ4v) is 4.63. The van der Waals surface area contributed by atoms with Gasteiger partial charge in [-0.15, -0.1) is 0 Å². The number of aromatic nitrogens is 2. The van der Waals surface area contributed by atoms with E-state index >= 15 is 0 Å². The smallest absolute Gasteiger partial charge is 0.255 e. The zero-order chi connectivity index (χ0) is 25.0. The lowest BCUT2D eigenvalue weighted by Gasteiger charge is -2.14. The number of sulfonamides is 1. The van der Waals surface area contributed by atoms with Crippen LogP contribution in [0.4, 0.5) is 21.8 Å². The molecule has 0 spiro atoms. The normalized spacial score (nSPS) is 14.8. The lowest BCUT2D eigenvalue weighted by atomic mass is 10.1. The zero-order valence-electron chi connectivity index (χ0n) is 18.7. The molecule has 0 saturated carbocycles. The Morgan fingerprint density at radius 1 is 1.17 bits per heavy atom. The van der Waals surface area contributed by atoms with Gasteiger partial charge in [-0.3, -0.25) is 4.79 Å². The summed E-state index contributed by atoms with van der Waals surface area (Å²) in [5.41, 5.74) is 6.75. The minimum atomic E-state index is -3.96. The number of amides is 1. The van der Waals surface area contributed by atoms with Crippen LogP contribution in [-0.4, -0.2) is 51.1 Å². The highest BCUT2D eigenvalue weighted by atomic mass is 32.2. The number of carbonyl (C=O) groups excluding carboxylic acids is 1. The quantitative estimate of drug-likeness (QED) is 0.409. The van der Waals surface area contributed by atoms with E-state index in [4.69, 9.17) is 15.2 Å². The number of anilines is 3. The maximum Gasteiger partial charge on any atom is 0.255 e. The highest BCUT2D eigenvalue weighted by Gasteiger charge is 2.22. The molecule has 1 aliphatic heterocycles. The van der Waals surface area contributed by atoms with Gasteiger partial charge in [-0.25, -0.2) is 22.5 Å². The van der Waals surface area contributed by atoms with Crippen molar-refractivity contribution in [1.82, 2.24) is 14.7 Å². The van der Waals surface area contributed by atoms with Crippen molar-refractivity contribution in [1.29, 1.82) is 0 Å². The van der Waals surface area contributed by atoms with Crippen molar-refractivity contribution in [2.45, 2.75) is 11.3 Å². The maximum absolute atomic E-state index is 13.9. The van der Waals surface area contributed by atoms with E-state index < -0.39 is 28.4 Å². The Hall–Kier alpha value is -3.97. The molecular formula is C22H23FN6O5S. The second kappa shape index (κ2) is 10.1. The van der Waals surface area contributed by atoms with Gasteiger partial charge >= 0.3 is 0 Å². The Morgan fingerprint density at radius 3 is 2.77 bits per heavy atom. The molecule has 5 N–H and O–H groups in total. The summed E-state index contributed by atoms with van der Waals surface area (Å²) in [7, 11) is -2.58. The number of carbonyl (C=O) groups is 1. The average molecular weight is 503 g/mol. The number of benzene rings is 2. The lowest BCUT2D eigenvalue weighted by molar-refractivity contribution is -0.120. The van der Waals surface area contributed by atoms with E-state index in [0.717, 1.165) is 0 Å². The van der Waals surface area contributed by atoms with Gasteiger partial charge in [0.25, 0.3) is 5.91 Å². The molecule has 1 aliphatic rings. The number of primary amides is 1. The van der Waals surface area contributed by atoms with Crippen LogP contribution in [0.2, 0.25) is 0 Å². The van der Waals surface area contributed by atoms with Gasteiger partial charge in [0.2, 0.25) is 16.0 Å². The molecule has 0 atom stereocenters. The van der Waals surface area contributed by atoms with Crippen LogP contribution in [0.3, 0.4) is 0 Å². The van der Waals surface area contributed by atoms with Crippen LogP contribution in [0.15, 0.2) is 47.5 Å². The highest BCUT2D eigenvalue weighted by Crippen LogP contribution is 2.33. The molecule has 184 valence electrons. The van der Waals surface area contributed by atoms with Gasteiger partial charge in [0.1, 0.15) is 16.5 Å². The average Bonchev–Trinajstić information content (AvgIpc) is 2.83. The number of ether oxygens (including phenoxy) is 2. The largest absolute Gasteiger partial charge is 0.494 e. The first kappa shape index (κ1) is 24.2. The minimum Gasteiger partial charge on any atom is -0.494 e. The number of methoxy groups -OCH3 is 1. The molecule has 13 heteroatoms. The predicted molar refractivity (Wildman–Crippen MR) is 127 cm³/mol. The van der Waals surface area contributed by atoms with Crippen LogP contribution in [0.5, 0.6) is 11.5 Å². The number of rotatable bonds is 5. The van der Waals surface area contributed by atoms with Gasteiger partial charge in [-0.2, -0.15) is 4.98 Å². The van der Waals surface area contributed by atoms with Crippen LogP contribution < -0.4 is 30.6 Å². The monoisotopic (exact) mass is 502 g/mol. The molecule has 35 heavy (non-hydrogen) atoms. The molecule has 0 radical (unpaired) electrons. The van der Waals surface area contributed by atoms with Crippen molar-refractivity contribution in [2.75, 3.05) is 37.4 Å². The van der Waals surface area contributed by atoms with Crippen LogP contribution in [0.1, 0.15) is 6.42 Å². The third kappa shape index (κ3) is 5.58. The third-order valence-corrected chi connectivity index (χ3v) is 6.53. The molecule has 0 unspecified atom stereocenters. The highest BCUT2D eigenvalue weighted by molar-refractivity contribution is 7.89. The predicted octanol–water partition coefficient (Wildman–Crippen LogP) is 1.99. The van der Waals surface area contributed by atoms with Gasteiger partial charge in [0, 0.05) is 30.5 Å². The topological polar surface area (TPSA) is 158 Å². The van der Waals surface area contributed by atoms with Crippen molar-refractivity contribution in [3.8, 4) is 22.6 Å². The molecule has 0 fully saturated rings. The van der Waals surface area contributed by atoms with E-state index in [9.17, 15) is 17.6 Å². The molecular weight excluding hydrogens is 479 g/mol. The number of hydrogen-bond donors (Lipinski definition) is 4. The van der Waals surface area contributed by atoms with Gasteiger partial charge in [-0.1, -0.05) is 6.07 Å². The molecule has 4 rings (SSSR count). The van der Waals surface area contributed by atoms with Crippen LogP contribution in [0.25, 0.3) is 11.1 Å². The molecule has 1 amide bonds. The van der Waals surface area contributed by atoms with Gasteiger partial charge in [0.05, 0.1) is 7.11 Å². The van der Waals surface area contributed by atoms with Crippen LogP contribution in [0, 0.1) is 5.82 Å². The Bertz CT molecular complexity index is 1370. The Kier molecular flexibility index (Phi) is 6.98. The number of halogens is 1. The van der Waals surface area contributed by atoms with Gasteiger partial charge in [0.15, 0.2) is 18.2 Å². The summed E-state index contributed by atoms with van der Waals surface area (Å²) < 4.78 is 52.6. The van der Waals surface area contributed by atoms with E-state index in [-0.39, 0.29) is 28.9 Å². The molecule has 11 nitrogen and oxygen atoms in total. The summed E-state index contributed by atoms with van der Waals surface area (Å²) in [6.45, 7) is 0.0358. The van der Waals surface area contributed by atoms with E-state index in [2.05, 4.69) is 25.3 Å². The second-order valence-electron chi connectivity index (χ2n) is 7.52. The van der Waals surface area contributed by atoms with E-state index in [0.29, 0.717) is 35.6 Å². The minimum absolute atomic E-state index is 0.0166.